The van der Waals surface area contributed by atoms with E-state index >= 15 is 0 Å². The van der Waals surface area contributed by atoms with Crippen LogP contribution in [0.25, 0.3) is 0 Å². The number of carbonyl (C=O) groups is 1. The number of anilines is 1. The van der Waals surface area contributed by atoms with Gasteiger partial charge in [-0.2, -0.15) is 13.2 Å². The van der Waals surface area contributed by atoms with Crippen molar-refractivity contribution >= 4 is 11.7 Å². The second-order valence-corrected chi connectivity index (χ2v) is 3.06. The number of nitrogen functional groups attached to an aromatic ring is 1. The first kappa shape index (κ1) is 12.3. The van der Waals surface area contributed by atoms with E-state index in [0.717, 1.165) is 4.68 Å². The molecule has 0 aliphatic rings. The number of amides is 1. The maximum Gasteiger partial charge on any atom is 0.390 e. The fraction of sp³-hybridized carbons (Fsp3) is 0.571. The van der Waals surface area contributed by atoms with Crippen LogP contribution in [-0.4, -0.2) is 33.6 Å². The van der Waals surface area contributed by atoms with E-state index in [1.54, 1.807) is 0 Å². The third-order valence-electron chi connectivity index (χ3n) is 1.59. The normalized spacial score (nSPS) is 11.4. The van der Waals surface area contributed by atoms with Crippen LogP contribution in [0.4, 0.5) is 19.0 Å². The zero-order valence-electron chi connectivity index (χ0n) is 8.16. The summed E-state index contributed by atoms with van der Waals surface area (Å²) in [7, 11) is 0. The third kappa shape index (κ3) is 4.62. The maximum absolute atomic E-state index is 11.7. The molecule has 0 fully saturated rings. The van der Waals surface area contributed by atoms with Crippen molar-refractivity contribution in [1.29, 1.82) is 0 Å². The van der Waals surface area contributed by atoms with Gasteiger partial charge in [0.2, 0.25) is 5.91 Å². The van der Waals surface area contributed by atoms with Gasteiger partial charge in [-0.05, 0) is 0 Å². The molecule has 0 atom stereocenters. The van der Waals surface area contributed by atoms with Gasteiger partial charge in [-0.1, -0.05) is 5.21 Å². The van der Waals surface area contributed by atoms with Gasteiger partial charge in [-0.15, -0.1) is 5.10 Å². The highest BCUT2D eigenvalue weighted by molar-refractivity contribution is 5.75. The van der Waals surface area contributed by atoms with Gasteiger partial charge in [0.05, 0.1) is 12.6 Å². The highest BCUT2D eigenvalue weighted by atomic mass is 19.4. The second kappa shape index (κ2) is 4.81. The Hall–Kier alpha value is -1.80. The number of rotatable bonds is 4. The van der Waals surface area contributed by atoms with Crippen LogP contribution in [-0.2, 0) is 11.3 Å². The van der Waals surface area contributed by atoms with Crippen LogP contribution < -0.4 is 11.1 Å². The molecule has 1 heterocycles. The minimum atomic E-state index is -4.27. The van der Waals surface area contributed by atoms with E-state index in [2.05, 4.69) is 15.6 Å². The summed E-state index contributed by atoms with van der Waals surface area (Å²) in [6, 6.07) is 0. The molecule has 0 spiro atoms. The van der Waals surface area contributed by atoms with Crippen LogP contribution in [0.2, 0.25) is 0 Å². The summed E-state index contributed by atoms with van der Waals surface area (Å²) in [5.41, 5.74) is 5.24. The molecule has 16 heavy (non-hydrogen) atoms. The molecular formula is C7H10F3N5O. The van der Waals surface area contributed by atoms with Gasteiger partial charge in [0, 0.05) is 6.54 Å². The van der Waals surface area contributed by atoms with Gasteiger partial charge in [-0.25, -0.2) is 4.68 Å². The highest BCUT2D eigenvalue weighted by Crippen LogP contribution is 2.17. The lowest BCUT2D eigenvalue weighted by Crippen LogP contribution is -2.31. The lowest BCUT2D eigenvalue weighted by molar-refractivity contribution is -0.135. The predicted molar refractivity (Wildman–Crippen MR) is 48.1 cm³/mol. The largest absolute Gasteiger partial charge is 0.390 e. The van der Waals surface area contributed by atoms with Gasteiger partial charge in [0.1, 0.15) is 6.54 Å². The van der Waals surface area contributed by atoms with Crippen molar-refractivity contribution in [3.63, 3.8) is 0 Å². The Bertz CT molecular complexity index is 361. The standard InChI is InChI=1S/C7H10F3N5O/c8-7(9,10)1-2-12-6(16)4-15-3-5(11)13-14-15/h3H,1-2,4,11H2,(H,12,16). The number of halogens is 3. The van der Waals surface area contributed by atoms with Gasteiger partial charge >= 0.3 is 6.18 Å². The number of hydrogen-bond acceptors (Lipinski definition) is 4. The van der Waals surface area contributed by atoms with Crippen molar-refractivity contribution in [3.8, 4) is 0 Å². The number of hydrogen-bond donors (Lipinski definition) is 2. The first-order valence-electron chi connectivity index (χ1n) is 4.36. The van der Waals surface area contributed by atoms with Crippen LogP contribution in [0.1, 0.15) is 6.42 Å². The Morgan fingerprint density at radius 3 is 2.75 bits per heavy atom. The minimum absolute atomic E-state index is 0.142. The zero-order valence-corrected chi connectivity index (χ0v) is 8.16. The van der Waals surface area contributed by atoms with E-state index in [4.69, 9.17) is 5.73 Å². The average Bonchev–Trinajstić information content (AvgIpc) is 2.48. The van der Waals surface area contributed by atoms with Crippen molar-refractivity contribution in [2.45, 2.75) is 19.1 Å². The topological polar surface area (TPSA) is 85.8 Å². The third-order valence-corrected chi connectivity index (χ3v) is 1.59. The molecule has 1 aromatic heterocycles. The molecule has 0 radical (unpaired) electrons. The second-order valence-electron chi connectivity index (χ2n) is 3.06. The molecule has 0 aromatic carbocycles. The number of aromatic nitrogens is 3. The Morgan fingerprint density at radius 1 is 1.56 bits per heavy atom. The van der Waals surface area contributed by atoms with E-state index in [9.17, 15) is 18.0 Å². The summed E-state index contributed by atoms with van der Waals surface area (Å²) >= 11 is 0. The monoisotopic (exact) mass is 237 g/mol. The van der Waals surface area contributed by atoms with E-state index in [0.29, 0.717) is 0 Å². The molecule has 1 amide bonds. The quantitative estimate of drug-likeness (QED) is 0.767. The summed E-state index contributed by atoms with van der Waals surface area (Å²) in [5.74, 6) is -0.433. The van der Waals surface area contributed by atoms with Crippen molar-refractivity contribution in [1.82, 2.24) is 20.3 Å². The van der Waals surface area contributed by atoms with Gasteiger partial charge in [0.25, 0.3) is 0 Å². The molecule has 6 nitrogen and oxygen atoms in total. The number of alkyl halides is 3. The lowest BCUT2D eigenvalue weighted by atomic mass is 10.4. The fourth-order valence-electron chi connectivity index (χ4n) is 0.937. The molecule has 0 aliphatic carbocycles. The number of carbonyl (C=O) groups excluding carboxylic acids is 1. The smallest absolute Gasteiger partial charge is 0.381 e. The van der Waals surface area contributed by atoms with Gasteiger partial charge in [0.15, 0.2) is 5.82 Å². The van der Waals surface area contributed by atoms with E-state index in [1.165, 1.54) is 6.20 Å². The van der Waals surface area contributed by atoms with Crippen molar-refractivity contribution in [2.75, 3.05) is 12.3 Å². The van der Waals surface area contributed by atoms with Crippen molar-refractivity contribution < 1.29 is 18.0 Å². The van der Waals surface area contributed by atoms with Gasteiger partial charge < -0.3 is 11.1 Å². The summed E-state index contributed by atoms with van der Waals surface area (Å²) < 4.78 is 36.4. The minimum Gasteiger partial charge on any atom is -0.381 e. The van der Waals surface area contributed by atoms with E-state index < -0.39 is 25.0 Å². The summed E-state index contributed by atoms with van der Waals surface area (Å²) in [6.07, 6.45) is -4.02. The zero-order chi connectivity index (χ0) is 12.2. The highest BCUT2D eigenvalue weighted by Gasteiger charge is 2.26. The molecule has 0 bridgehead atoms. The molecule has 3 N–H and O–H groups in total. The molecule has 1 rings (SSSR count). The fourth-order valence-corrected chi connectivity index (χ4v) is 0.937. The number of nitrogens with two attached hydrogens (primary N) is 1. The molecule has 9 heteroatoms. The molecule has 0 saturated carbocycles. The Labute approximate surface area is 88.6 Å². The lowest BCUT2D eigenvalue weighted by Gasteiger charge is -2.07. The predicted octanol–water partition coefficient (Wildman–Crippen LogP) is -0.0711. The maximum atomic E-state index is 11.7. The summed E-state index contributed by atoms with van der Waals surface area (Å²) in [4.78, 5) is 11.1. The SMILES string of the molecule is Nc1cn(CC(=O)NCCC(F)(F)F)nn1. The molecular weight excluding hydrogens is 227 g/mol. The molecule has 90 valence electrons. The summed E-state index contributed by atoms with van der Waals surface area (Å²) in [6.45, 7) is -0.658. The number of nitrogens with zero attached hydrogens (tertiary/aromatic N) is 3. The molecule has 1 aromatic rings. The van der Waals surface area contributed by atoms with Crippen molar-refractivity contribution in [3.05, 3.63) is 6.20 Å². The Balaban J connectivity index is 2.26. The van der Waals surface area contributed by atoms with Crippen LogP contribution in [0.15, 0.2) is 6.20 Å². The summed E-state index contributed by atoms with van der Waals surface area (Å²) in [5, 5.41) is 9.00. The van der Waals surface area contributed by atoms with Gasteiger partial charge in [-0.3, -0.25) is 4.79 Å². The average molecular weight is 237 g/mol. The van der Waals surface area contributed by atoms with E-state index in [1.807, 2.05) is 0 Å². The molecule has 0 aliphatic heterocycles. The number of nitrogens with one attached hydrogen (secondary N) is 1. The Morgan fingerprint density at radius 2 is 2.25 bits per heavy atom. The van der Waals surface area contributed by atoms with Crippen LogP contribution in [0, 0.1) is 0 Å². The van der Waals surface area contributed by atoms with Crippen LogP contribution in [0.3, 0.4) is 0 Å². The first-order chi connectivity index (χ1) is 7.37. The molecule has 0 unspecified atom stereocenters. The Kier molecular flexibility index (Phi) is 3.69. The molecule has 0 saturated heterocycles. The van der Waals surface area contributed by atoms with E-state index in [-0.39, 0.29) is 12.4 Å². The van der Waals surface area contributed by atoms with Crippen LogP contribution >= 0.6 is 0 Å². The first-order valence-corrected chi connectivity index (χ1v) is 4.36. The van der Waals surface area contributed by atoms with Crippen LogP contribution in [0.5, 0.6) is 0 Å². The van der Waals surface area contributed by atoms with Crippen molar-refractivity contribution in [2.24, 2.45) is 0 Å².